The molecule has 5 heteroatoms. The zero-order valence-electron chi connectivity index (χ0n) is 8.60. The van der Waals surface area contributed by atoms with Crippen molar-refractivity contribution in [3.8, 4) is 0 Å². The van der Waals surface area contributed by atoms with Crippen LogP contribution in [0.1, 0.15) is 17.3 Å². The van der Waals surface area contributed by atoms with E-state index in [0.29, 0.717) is 23.8 Å². The number of aryl methyl sites for hydroxylation is 2. The van der Waals surface area contributed by atoms with E-state index in [1.165, 1.54) is 0 Å². The summed E-state index contributed by atoms with van der Waals surface area (Å²) >= 11 is 0. The fourth-order valence-electron chi connectivity index (χ4n) is 1.34. The number of rotatable bonds is 2. The van der Waals surface area contributed by atoms with Crippen molar-refractivity contribution in [1.82, 2.24) is 14.7 Å². The van der Waals surface area contributed by atoms with Crippen LogP contribution in [0.15, 0.2) is 27.6 Å². The van der Waals surface area contributed by atoms with Gasteiger partial charge < -0.3 is 9.09 Å². The van der Waals surface area contributed by atoms with Crippen molar-refractivity contribution >= 4 is 0 Å². The SMILES string of the molecule is Cc1nc(Cn2cccc(C)c2=O)no1. The number of nitrogens with zero attached hydrogens (tertiary/aromatic N) is 3. The van der Waals surface area contributed by atoms with Gasteiger partial charge in [0.2, 0.25) is 5.89 Å². The number of aromatic nitrogens is 3. The molecule has 0 aromatic carbocycles. The number of hydrogen-bond donors (Lipinski definition) is 0. The first-order valence-electron chi connectivity index (χ1n) is 4.62. The van der Waals surface area contributed by atoms with Crippen molar-refractivity contribution in [3.63, 3.8) is 0 Å². The predicted molar refractivity (Wildman–Crippen MR) is 53.6 cm³/mol. The summed E-state index contributed by atoms with van der Waals surface area (Å²) in [6.07, 6.45) is 1.71. The molecule has 78 valence electrons. The Morgan fingerprint density at radius 3 is 2.93 bits per heavy atom. The lowest BCUT2D eigenvalue weighted by atomic mass is 10.3. The van der Waals surface area contributed by atoms with Crippen molar-refractivity contribution in [2.24, 2.45) is 0 Å². The molecule has 0 bridgehead atoms. The van der Waals surface area contributed by atoms with Crippen molar-refractivity contribution in [3.05, 3.63) is 46.0 Å². The molecule has 0 aliphatic heterocycles. The highest BCUT2D eigenvalue weighted by molar-refractivity contribution is 5.08. The van der Waals surface area contributed by atoms with Crippen molar-refractivity contribution in [2.45, 2.75) is 20.4 Å². The Labute approximate surface area is 86.4 Å². The standard InChI is InChI=1S/C10H11N3O2/c1-7-4-3-5-13(10(7)14)6-9-11-8(2)15-12-9/h3-5H,6H2,1-2H3. The summed E-state index contributed by atoms with van der Waals surface area (Å²) in [5.74, 6) is 1.02. The van der Waals surface area contributed by atoms with Crippen LogP contribution in [0.4, 0.5) is 0 Å². The fraction of sp³-hybridized carbons (Fsp3) is 0.300. The molecule has 2 aromatic rings. The Morgan fingerprint density at radius 2 is 2.27 bits per heavy atom. The molecule has 15 heavy (non-hydrogen) atoms. The Hall–Kier alpha value is -1.91. The summed E-state index contributed by atoms with van der Waals surface area (Å²) in [7, 11) is 0. The Kier molecular flexibility index (Phi) is 2.37. The van der Waals surface area contributed by atoms with E-state index in [9.17, 15) is 4.79 Å². The summed E-state index contributed by atoms with van der Waals surface area (Å²) in [6, 6.07) is 3.60. The highest BCUT2D eigenvalue weighted by Crippen LogP contribution is 1.97. The third kappa shape index (κ3) is 1.96. The first-order valence-corrected chi connectivity index (χ1v) is 4.62. The summed E-state index contributed by atoms with van der Waals surface area (Å²) < 4.78 is 6.39. The second-order valence-corrected chi connectivity index (χ2v) is 3.35. The van der Waals surface area contributed by atoms with Gasteiger partial charge in [0.15, 0.2) is 5.82 Å². The topological polar surface area (TPSA) is 60.9 Å². The smallest absolute Gasteiger partial charge is 0.253 e. The first kappa shape index (κ1) is 9.64. The second-order valence-electron chi connectivity index (χ2n) is 3.35. The van der Waals surface area contributed by atoms with E-state index in [0.717, 1.165) is 0 Å². The molecule has 0 spiro atoms. The third-order valence-corrected chi connectivity index (χ3v) is 2.09. The van der Waals surface area contributed by atoms with Gasteiger partial charge in [-0.25, -0.2) is 0 Å². The van der Waals surface area contributed by atoms with Gasteiger partial charge in [0.1, 0.15) is 0 Å². The van der Waals surface area contributed by atoms with Crippen LogP contribution in [0.2, 0.25) is 0 Å². The lowest BCUT2D eigenvalue weighted by Crippen LogP contribution is -2.22. The van der Waals surface area contributed by atoms with Gasteiger partial charge in [-0.1, -0.05) is 11.2 Å². The number of pyridine rings is 1. The molecule has 2 rings (SSSR count). The second kappa shape index (κ2) is 3.68. The van der Waals surface area contributed by atoms with Gasteiger partial charge in [-0.3, -0.25) is 4.79 Å². The van der Waals surface area contributed by atoms with Gasteiger partial charge in [0.05, 0.1) is 6.54 Å². The van der Waals surface area contributed by atoms with Crippen molar-refractivity contribution in [1.29, 1.82) is 0 Å². The quantitative estimate of drug-likeness (QED) is 0.730. The summed E-state index contributed by atoms with van der Waals surface area (Å²) in [5.41, 5.74) is 0.678. The first-order chi connectivity index (χ1) is 7.16. The molecule has 0 aliphatic carbocycles. The van der Waals surface area contributed by atoms with Crippen LogP contribution in [-0.2, 0) is 6.54 Å². The van der Waals surface area contributed by atoms with E-state index in [-0.39, 0.29) is 5.56 Å². The van der Waals surface area contributed by atoms with E-state index >= 15 is 0 Å². The average Bonchev–Trinajstić information content (AvgIpc) is 2.59. The average molecular weight is 205 g/mol. The van der Waals surface area contributed by atoms with Gasteiger partial charge in [-0.2, -0.15) is 4.98 Å². The summed E-state index contributed by atoms with van der Waals surface area (Å²) in [6.45, 7) is 3.84. The zero-order valence-corrected chi connectivity index (χ0v) is 8.60. The summed E-state index contributed by atoms with van der Waals surface area (Å²) in [5, 5.41) is 3.74. The predicted octanol–water partition coefficient (Wildman–Crippen LogP) is 0.896. The lowest BCUT2D eigenvalue weighted by molar-refractivity contribution is 0.386. The Morgan fingerprint density at radius 1 is 1.47 bits per heavy atom. The van der Waals surface area contributed by atoms with Crippen LogP contribution in [-0.4, -0.2) is 14.7 Å². The molecular formula is C10H11N3O2. The van der Waals surface area contributed by atoms with E-state index in [1.54, 1.807) is 30.7 Å². The summed E-state index contributed by atoms with van der Waals surface area (Å²) in [4.78, 5) is 15.7. The lowest BCUT2D eigenvalue weighted by Gasteiger charge is -2.01. The van der Waals surface area contributed by atoms with E-state index in [2.05, 4.69) is 10.1 Å². The van der Waals surface area contributed by atoms with Crippen LogP contribution in [0, 0.1) is 13.8 Å². The monoisotopic (exact) mass is 205 g/mol. The van der Waals surface area contributed by atoms with Gasteiger partial charge in [-0.05, 0) is 13.0 Å². The largest absolute Gasteiger partial charge is 0.340 e. The minimum atomic E-state index is -0.0278. The van der Waals surface area contributed by atoms with Gasteiger partial charge in [0, 0.05) is 18.7 Å². The van der Waals surface area contributed by atoms with E-state index in [4.69, 9.17) is 4.52 Å². The molecule has 0 unspecified atom stereocenters. The van der Waals surface area contributed by atoms with Gasteiger partial charge >= 0.3 is 0 Å². The molecule has 5 nitrogen and oxygen atoms in total. The minimum absolute atomic E-state index is 0.0278. The highest BCUT2D eigenvalue weighted by atomic mass is 16.5. The minimum Gasteiger partial charge on any atom is -0.340 e. The Bertz CT molecular complexity index is 527. The van der Waals surface area contributed by atoms with E-state index < -0.39 is 0 Å². The van der Waals surface area contributed by atoms with Crippen LogP contribution in [0.3, 0.4) is 0 Å². The molecule has 2 aromatic heterocycles. The molecule has 0 N–H and O–H groups in total. The van der Waals surface area contributed by atoms with Crippen LogP contribution in [0.25, 0.3) is 0 Å². The molecule has 0 fully saturated rings. The van der Waals surface area contributed by atoms with Gasteiger partial charge in [0.25, 0.3) is 5.56 Å². The van der Waals surface area contributed by atoms with Gasteiger partial charge in [-0.15, -0.1) is 0 Å². The molecule has 0 amide bonds. The van der Waals surface area contributed by atoms with E-state index in [1.807, 2.05) is 6.07 Å². The van der Waals surface area contributed by atoms with Crippen LogP contribution < -0.4 is 5.56 Å². The molecule has 0 saturated carbocycles. The maximum atomic E-state index is 11.7. The maximum absolute atomic E-state index is 11.7. The number of hydrogen-bond acceptors (Lipinski definition) is 4. The van der Waals surface area contributed by atoms with Crippen molar-refractivity contribution < 1.29 is 4.52 Å². The Balaban J connectivity index is 2.32. The third-order valence-electron chi connectivity index (χ3n) is 2.09. The van der Waals surface area contributed by atoms with Crippen molar-refractivity contribution in [2.75, 3.05) is 0 Å². The van der Waals surface area contributed by atoms with Crippen LogP contribution >= 0.6 is 0 Å². The molecule has 2 heterocycles. The van der Waals surface area contributed by atoms with Crippen LogP contribution in [0.5, 0.6) is 0 Å². The molecule has 0 atom stereocenters. The molecular weight excluding hydrogens is 194 g/mol. The molecule has 0 aliphatic rings. The fourth-order valence-corrected chi connectivity index (χ4v) is 1.34. The highest BCUT2D eigenvalue weighted by Gasteiger charge is 2.04. The molecule has 0 saturated heterocycles. The normalized spacial score (nSPS) is 10.5. The maximum Gasteiger partial charge on any atom is 0.253 e. The zero-order chi connectivity index (χ0) is 10.8. The molecule has 0 radical (unpaired) electrons.